The van der Waals surface area contributed by atoms with Crippen LogP contribution in [0.5, 0.6) is 0 Å². The molecule has 13 heteroatoms. The lowest BCUT2D eigenvalue weighted by Gasteiger charge is -2.31. The van der Waals surface area contributed by atoms with Crippen LogP contribution in [0.1, 0.15) is 44.6 Å². The Balaban J connectivity index is 1.34. The van der Waals surface area contributed by atoms with Crippen molar-refractivity contribution in [3.8, 4) is 6.07 Å². The monoisotopic (exact) mass is 485 g/mol. The molecule has 3 aromatic rings. The molecule has 0 radical (unpaired) electrons. The summed E-state index contributed by atoms with van der Waals surface area (Å²) in [5.41, 5.74) is 0.881. The number of anilines is 1. The quantitative estimate of drug-likeness (QED) is 0.549. The van der Waals surface area contributed by atoms with Crippen LogP contribution >= 0.6 is 0 Å². The van der Waals surface area contributed by atoms with E-state index in [-0.39, 0.29) is 29.2 Å². The predicted molar refractivity (Wildman–Crippen MR) is 124 cm³/mol. The first-order valence-electron chi connectivity index (χ1n) is 11.5. The molecule has 4 heterocycles. The zero-order valence-corrected chi connectivity index (χ0v) is 19.8. The Morgan fingerprint density at radius 3 is 2.56 bits per heavy atom. The van der Waals surface area contributed by atoms with Crippen LogP contribution in [0, 0.1) is 11.3 Å². The van der Waals surface area contributed by atoms with Crippen molar-refractivity contribution in [3.63, 3.8) is 0 Å². The van der Waals surface area contributed by atoms with E-state index in [1.807, 2.05) is 0 Å². The standard InChI is InChI=1S/C21H27N9O3S/c1-27-14-17(12-24-27)34(32,33)28-9-6-15(7-10-28)25-20-23-13-18-19(26-20)30(16-4-2-3-5-16)21(31)29(18)11-8-22/h12-16H,2-7,9-11H2,1H3,(H,23,25,26). The topological polar surface area (TPSA) is 144 Å². The van der Waals surface area contributed by atoms with Gasteiger partial charge < -0.3 is 5.32 Å². The molecular formula is C21H27N9O3S. The van der Waals surface area contributed by atoms with E-state index in [2.05, 4.69) is 26.5 Å². The highest BCUT2D eigenvalue weighted by molar-refractivity contribution is 7.89. The van der Waals surface area contributed by atoms with E-state index in [4.69, 9.17) is 0 Å². The van der Waals surface area contributed by atoms with Gasteiger partial charge in [-0.15, -0.1) is 0 Å². The SMILES string of the molecule is Cn1cc(S(=O)(=O)N2CCC(Nc3ncc4c(n3)n(C3CCCC3)c(=O)n4CC#N)CC2)cn1. The number of hydrogen-bond donors (Lipinski definition) is 1. The van der Waals surface area contributed by atoms with E-state index in [9.17, 15) is 18.5 Å². The molecule has 1 saturated heterocycles. The number of nitriles is 1. The molecule has 34 heavy (non-hydrogen) atoms. The molecule has 3 aromatic heterocycles. The minimum absolute atomic E-state index is 0.00523. The van der Waals surface area contributed by atoms with E-state index in [0.717, 1.165) is 25.7 Å². The molecule has 1 aliphatic carbocycles. The van der Waals surface area contributed by atoms with Crippen molar-refractivity contribution in [3.05, 3.63) is 29.1 Å². The molecule has 2 aliphatic rings. The lowest BCUT2D eigenvalue weighted by Crippen LogP contribution is -2.42. The Labute approximate surface area is 196 Å². The minimum atomic E-state index is -3.57. The number of hydrogen-bond acceptors (Lipinski definition) is 8. The fourth-order valence-electron chi connectivity index (χ4n) is 4.95. The zero-order valence-electron chi connectivity index (χ0n) is 19.0. The molecule has 2 fully saturated rings. The van der Waals surface area contributed by atoms with Gasteiger partial charge in [0.05, 0.1) is 18.5 Å². The van der Waals surface area contributed by atoms with Crippen molar-refractivity contribution < 1.29 is 8.42 Å². The third kappa shape index (κ3) is 3.97. The molecule has 1 aliphatic heterocycles. The summed E-state index contributed by atoms with van der Waals surface area (Å²) in [5, 5.41) is 16.5. The molecule has 0 atom stereocenters. The lowest BCUT2D eigenvalue weighted by atomic mass is 10.1. The largest absolute Gasteiger partial charge is 0.351 e. The third-order valence-electron chi connectivity index (χ3n) is 6.73. The summed E-state index contributed by atoms with van der Waals surface area (Å²) >= 11 is 0. The van der Waals surface area contributed by atoms with Crippen LogP contribution in [0.2, 0.25) is 0 Å². The normalized spacial score (nSPS) is 18.5. The number of fused-ring (bicyclic) bond motifs is 1. The third-order valence-corrected chi connectivity index (χ3v) is 8.58. The second-order valence-electron chi connectivity index (χ2n) is 8.91. The Morgan fingerprint density at radius 2 is 1.91 bits per heavy atom. The van der Waals surface area contributed by atoms with Crippen LogP contribution < -0.4 is 11.0 Å². The van der Waals surface area contributed by atoms with Crippen LogP contribution in [0.3, 0.4) is 0 Å². The highest BCUT2D eigenvalue weighted by atomic mass is 32.2. The predicted octanol–water partition coefficient (Wildman–Crippen LogP) is 1.23. The number of nitrogens with zero attached hydrogens (tertiary/aromatic N) is 8. The first-order valence-corrected chi connectivity index (χ1v) is 12.9. The van der Waals surface area contributed by atoms with Crippen molar-refractivity contribution in [1.82, 2.24) is 33.2 Å². The Morgan fingerprint density at radius 1 is 1.18 bits per heavy atom. The van der Waals surface area contributed by atoms with Gasteiger partial charge in [-0.1, -0.05) is 12.8 Å². The van der Waals surface area contributed by atoms with Gasteiger partial charge in [-0.25, -0.2) is 18.2 Å². The van der Waals surface area contributed by atoms with Crippen LogP contribution in [0.15, 0.2) is 28.3 Å². The van der Waals surface area contributed by atoms with Gasteiger partial charge in [0.25, 0.3) is 0 Å². The first kappa shape index (κ1) is 22.5. The van der Waals surface area contributed by atoms with Gasteiger partial charge in [-0.05, 0) is 25.7 Å². The number of aromatic nitrogens is 6. The zero-order chi connectivity index (χ0) is 23.9. The number of piperidine rings is 1. The van der Waals surface area contributed by atoms with Crippen LogP contribution in [-0.2, 0) is 23.6 Å². The minimum Gasteiger partial charge on any atom is -0.351 e. The molecule has 0 bridgehead atoms. The van der Waals surface area contributed by atoms with Crippen LogP contribution in [-0.4, -0.2) is 60.7 Å². The summed E-state index contributed by atoms with van der Waals surface area (Å²) < 4.78 is 31.8. The fraction of sp³-hybridized carbons (Fsp3) is 0.571. The maximum absolute atomic E-state index is 13.0. The van der Waals surface area contributed by atoms with Crippen molar-refractivity contribution in [2.24, 2.45) is 7.05 Å². The van der Waals surface area contributed by atoms with Crippen LogP contribution in [0.25, 0.3) is 11.2 Å². The van der Waals surface area contributed by atoms with Gasteiger partial charge in [0.2, 0.25) is 16.0 Å². The summed E-state index contributed by atoms with van der Waals surface area (Å²) in [6.45, 7) is 0.708. The van der Waals surface area contributed by atoms with Gasteiger partial charge in [-0.3, -0.25) is 13.8 Å². The number of imidazole rings is 1. The Bertz CT molecular complexity index is 1400. The van der Waals surface area contributed by atoms with Crippen molar-refractivity contribution in [1.29, 1.82) is 5.26 Å². The van der Waals surface area contributed by atoms with Crippen molar-refractivity contribution in [2.45, 2.75) is 62.0 Å². The highest BCUT2D eigenvalue weighted by Gasteiger charge is 2.31. The summed E-state index contributed by atoms with van der Waals surface area (Å²) in [6, 6.07) is 2.14. The lowest BCUT2D eigenvalue weighted by molar-refractivity contribution is 0.329. The molecule has 1 saturated carbocycles. The summed E-state index contributed by atoms with van der Waals surface area (Å²) in [7, 11) is -1.88. The molecule has 0 unspecified atom stereocenters. The van der Waals surface area contributed by atoms with E-state index < -0.39 is 10.0 Å². The van der Waals surface area contributed by atoms with Gasteiger partial charge in [0.1, 0.15) is 17.0 Å². The maximum Gasteiger partial charge on any atom is 0.331 e. The van der Waals surface area contributed by atoms with E-state index in [1.165, 1.54) is 25.9 Å². The second-order valence-corrected chi connectivity index (χ2v) is 10.8. The van der Waals surface area contributed by atoms with Crippen LogP contribution in [0.4, 0.5) is 5.95 Å². The molecule has 0 aromatic carbocycles. The second kappa shape index (κ2) is 8.84. The number of sulfonamides is 1. The van der Waals surface area contributed by atoms with Gasteiger partial charge in [0, 0.05) is 38.4 Å². The Hall–Kier alpha value is -3.24. The first-order chi connectivity index (χ1) is 16.4. The molecule has 1 N–H and O–H groups in total. The summed E-state index contributed by atoms with van der Waals surface area (Å²) in [5.74, 6) is 0.405. The molecule has 0 spiro atoms. The fourth-order valence-corrected chi connectivity index (χ4v) is 6.40. The Kier molecular flexibility index (Phi) is 5.86. The highest BCUT2D eigenvalue weighted by Crippen LogP contribution is 2.31. The molecule has 0 amide bonds. The number of aryl methyl sites for hydroxylation is 1. The van der Waals surface area contributed by atoms with E-state index >= 15 is 0 Å². The van der Waals surface area contributed by atoms with Crippen molar-refractivity contribution in [2.75, 3.05) is 18.4 Å². The number of rotatable bonds is 6. The van der Waals surface area contributed by atoms with E-state index in [1.54, 1.807) is 17.8 Å². The summed E-state index contributed by atoms with van der Waals surface area (Å²) in [6.07, 6.45) is 9.65. The van der Waals surface area contributed by atoms with Crippen molar-refractivity contribution >= 4 is 27.1 Å². The molecule has 180 valence electrons. The molecular weight excluding hydrogens is 458 g/mol. The average Bonchev–Trinajstić information content (AvgIpc) is 3.55. The van der Waals surface area contributed by atoms with Gasteiger partial charge in [-0.2, -0.15) is 19.6 Å². The number of nitrogens with one attached hydrogen (secondary N) is 1. The average molecular weight is 486 g/mol. The maximum atomic E-state index is 13.0. The molecule has 12 nitrogen and oxygen atoms in total. The summed E-state index contributed by atoms with van der Waals surface area (Å²) in [4.78, 5) is 22.3. The van der Waals surface area contributed by atoms with E-state index in [0.29, 0.717) is 43.0 Å². The van der Waals surface area contributed by atoms with Gasteiger partial charge >= 0.3 is 5.69 Å². The van der Waals surface area contributed by atoms with Gasteiger partial charge in [0.15, 0.2) is 5.65 Å². The molecule has 5 rings (SSSR count). The smallest absolute Gasteiger partial charge is 0.331 e.